The molecule has 1 saturated heterocycles. The van der Waals surface area contributed by atoms with Crippen LogP contribution in [0.5, 0.6) is 0 Å². The van der Waals surface area contributed by atoms with Crippen molar-refractivity contribution in [2.45, 2.75) is 26.7 Å². The molecular weight excluding hydrogens is 327 g/mol. The van der Waals surface area contributed by atoms with Crippen LogP contribution in [-0.4, -0.2) is 29.3 Å². The molecule has 0 bridgehead atoms. The predicted molar refractivity (Wildman–Crippen MR) is 85.1 cm³/mol. The number of urea groups is 1. The molecule has 0 unspecified atom stereocenters. The molecule has 22 heavy (non-hydrogen) atoms. The van der Waals surface area contributed by atoms with Crippen molar-refractivity contribution in [3.05, 3.63) is 28.2 Å². The standard InChI is InChI=1S/C15H16Cl2N2O3/c1-3-9(4-2)14(21)18-8-13(20)19(15(18)22)12-6-10(16)5-11(17)7-12/h5-7,9H,3-4,8H2,1-2H3. The lowest BCUT2D eigenvalue weighted by atomic mass is 10.0. The first-order chi connectivity index (χ1) is 10.4. The maximum Gasteiger partial charge on any atom is 0.338 e. The lowest BCUT2D eigenvalue weighted by Gasteiger charge is -2.20. The predicted octanol–water partition coefficient (Wildman–Crippen LogP) is 3.72. The molecule has 0 N–H and O–H groups in total. The van der Waals surface area contributed by atoms with Crippen molar-refractivity contribution in [3.8, 4) is 0 Å². The average molecular weight is 343 g/mol. The fourth-order valence-electron chi connectivity index (χ4n) is 2.45. The van der Waals surface area contributed by atoms with Gasteiger partial charge in [0.25, 0.3) is 5.91 Å². The van der Waals surface area contributed by atoms with Crippen molar-refractivity contribution >= 4 is 46.7 Å². The summed E-state index contributed by atoms with van der Waals surface area (Å²) in [7, 11) is 0. The summed E-state index contributed by atoms with van der Waals surface area (Å²) in [5, 5.41) is 0.626. The molecule has 1 aromatic carbocycles. The Kier molecular flexibility index (Phi) is 5.08. The van der Waals surface area contributed by atoms with Gasteiger partial charge in [-0.1, -0.05) is 37.0 Å². The van der Waals surface area contributed by atoms with Gasteiger partial charge in [0.1, 0.15) is 6.54 Å². The molecule has 7 heteroatoms. The second-order valence-electron chi connectivity index (χ2n) is 5.08. The minimum absolute atomic E-state index is 0.252. The Morgan fingerprint density at radius 3 is 2.18 bits per heavy atom. The summed E-state index contributed by atoms with van der Waals surface area (Å²) in [5.41, 5.74) is 0.271. The van der Waals surface area contributed by atoms with E-state index in [2.05, 4.69) is 0 Å². The lowest BCUT2D eigenvalue weighted by molar-refractivity contribution is -0.133. The van der Waals surface area contributed by atoms with Gasteiger partial charge in [0.2, 0.25) is 5.91 Å². The van der Waals surface area contributed by atoms with Gasteiger partial charge in [-0.3, -0.25) is 14.5 Å². The lowest BCUT2D eigenvalue weighted by Crippen LogP contribution is -2.39. The van der Waals surface area contributed by atoms with Gasteiger partial charge in [-0.2, -0.15) is 0 Å². The van der Waals surface area contributed by atoms with Crippen molar-refractivity contribution in [1.82, 2.24) is 4.90 Å². The maximum absolute atomic E-state index is 12.4. The molecule has 1 fully saturated rings. The molecule has 5 nitrogen and oxygen atoms in total. The van der Waals surface area contributed by atoms with Gasteiger partial charge in [0.05, 0.1) is 5.69 Å². The number of benzene rings is 1. The first kappa shape index (κ1) is 16.8. The van der Waals surface area contributed by atoms with Crippen molar-refractivity contribution in [2.75, 3.05) is 11.4 Å². The number of nitrogens with zero attached hydrogens (tertiary/aromatic N) is 2. The Morgan fingerprint density at radius 1 is 1.14 bits per heavy atom. The van der Waals surface area contributed by atoms with Gasteiger partial charge in [-0.05, 0) is 31.0 Å². The van der Waals surface area contributed by atoms with Gasteiger partial charge in [0, 0.05) is 16.0 Å². The number of hydrogen-bond donors (Lipinski definition) is 0. The van der Waals surface area contributed by atoms with E-state index in [9.17, 15) is 14.4 Å². The van der Waals surface area contributed by atoms with Crippen molar-refractivity contribution < 1.29 is 14.4 Å². The number of amides is 4. The van der Waals surface area contributed by atoms with Crippen molar-refractivity contribution in [2.24, 2.45) is 5.92 Å². The highest BCUT2D eigenvalue weighted by Gasteiger charge is 2.42. The second kappa shape index (κ2) is 6.67. The smallest absolute Gasteiger partial charge is 0.274 e. The van der Waals surface area contributed by atoms with Crippen LogP contribution in [0.4, 0.5) is 10.5 Å². The zero-order valence-corrected chi connectivity index (χ0v) is 13.8. The molecule has 1 aromatic rings. The number of hydrogen-bond acceptors (Lipinski definition) is 3. The first-order valence-electron chi connectivity index (χ1n) is 7.03. The van der Waals surface area contributed by atoms with E-state index >= 15 is 0 Å². The summed E-state index contributed by atoms with van der Waals surface area (Å²) in [4.78, 5) is 38.9. The molecule has 118 valence electrons. The zero-order chi connectivity index (χ0) is 16.4. The van der Waals surface area contributed by atoms with Gasteiger partial charge in [0.15, 0.2) is 0 Å². The summed E-state index contributed by atoms with van der Waals surface area (Å²) in [6, 6.07) is 3.79. The largest absolute Gasteiger partial charge is 0.338 e. The SMILES string of the molecule is CCC(CC)C(=O)N1CC(=O)N(c2cc(Cl)cc(Cl)c2)C1=O. The van der Waals surface area contributed by atoms with Crippen LogP contribution < -0.4 is 4.90 Å². The summed E-state index contributed by atoms with van der Waals surface area (Å²) in [5.74, 6) is -1.05. The molecule has 1 heterocycles. The van der Waals surface area contributed by atoms with Crippen molar-refractivity contribution in [1.29, 1.82) is 0 Å². The highest BCUT2D eigenvalue weighted by Crippen LogP contribution is 2.29. The number of imide groups is 2. The highest BCUT2D eigenvalue weighted by atomic mass is 35.5. The topological polar surface area (TPSA) is 57.7 Å². The summed E-state index contributed by atoms with van der Waals surface area (Å²) in [6.45, 7) is 3.50. The second-order valence-corrected chi connectivity index (χ2v) is 5.95. The molecule has 0 atom stereocenters. The molecule has 0 saturated carbocycles. The minimum atomic E-state index is -0.653. The van der Waals surface area contributed by atoms with E-state index in [4.69, 9.17) is 23.2 Å². The van der Waals surface area contributed by atoms with E-state index in [0.717, 1.165) is 9.80 Å². The van der Waals surface area contributed by atoms with Gasteiger partial charge in [-0.15, -0.1) is 0 Å². The summed E-state index contributed by atoms with van der Waals surface area (Å²) < 4.78 is 0. The third kappa shape index (κ3) is 3.10. The highest BCUT2D eigenvalue weighted by molar-refractivity contribution is 6.35. The molecule has 1 aliphatic heterocycles. The van der Waals surface area contributed by atoms with E-state index in [1.807, 2.05) is 13.8 Å². The van der Waals surface area contributed by atoms with Crippen LogP contribution >= 0.6 is 23.2 Å². The number of halogens is 2. The van der Waals surface area contributed by atoms with Crippen LogP contribution in [0.15, 0.2) is 18.2 Å². The third-order valence-corrected chi connectivity index (χ3v) is 4.11. The molecule has 0 aromatic heterocycles. The van der Waals surface area contributed by atoms with E-state index < -0.39 is 11.9 Å². The van der Waals surface area contributed by atoms with E-state index in [1.54, 1.807) is 0 Å². The summed E-state index contributed by atoms with van der Waals surface area (Å²) >= 11 is 11.8. The molecule has 0 aliphatic carbocycles. The quantitative estimate of drug-likeness (QED) is 0.783. The van der Waals surface area contributed by atoms with Gasteiger partial charge in [-0.25, -0.2) is 9.69 Å². The first-order valence-corrected chi connectivity index (χ1v) is 7.79. The monoisotopic (exact) mass is 342 g/mol. The Bertz CT molecular complexity index is 609. The van der Waals surface area contributed by atoms with Gasteiger partial charge < -0.3 is 0 Å². The Labute approximate surface area is 138 Å². The molecular formula is C15H16Cl2N2O3. The zero-order valence-electron chi connectivity index (χ0n) is 12.3. The van der Waals surface area contributed by atoms with E-state index in [1.165, 1.54) is 18.2 Å². The molecule has 1 aliphatic rings. The molecule has 0 radical (unpaired) electrons. The van der Waals surface area contributed by atoms with Crippen LogP contribution in [0, 0.1) is 5.92 Å². The van der Waals surface area contributed by atoms with Crippen LogP contribution in [0.1, 0.15) is 26.7 Å². The average Bonchev–Trinajstić information content (AvgIpc) is 2.74. The van der Waals surface area contributed by atoms with Gasteiger partial charge >= 0.3 is 6.03 Å². The fourth-order valence-corrected chi connectivity index (χ4v) is 2.97. The van der Waals surface area contributed by atoms with E-state index in [0.29, 0.717) is 22.9 Å². The normalized spacial score (nSPS) is 15.1. The Hall–Kier alpha value is -1.59. The number of carbonyl (C=O) groups is 3. The van der Waals surface area contributed by atoms with Crippen molar-refractivity contribution in [3.63, 3.8) is 0 Å². The molecule has 2 rings (SSSR count). The maximum atomic E-state index is 12.4. The number of rotatable bonds is 4. The van der Waals surface area contributed by atoms with Crippen LogP contribution in [0.25, 0.3) is 0 Å². The molecule has 0 spiro atoms. The van der Waals surface area contributed by atoms with Crippen LogP contribution in [0.2, 0.25) is 10.0 Å². The third-order valence-electron chi connectivity index (χ3n) is 3.67. The minimum Gasteiger partial charge on any atom is -0.274 e. The Balaban J connectivity index is 2.31. The van der Waals surface area contributed by atoms with Crippen LogP contribution in [0.3, 0.4) is 0 Å². The number of anilines is 1. The molecule has 4 amide bonds. The summed E-state index contributed by atoms with van der Waals surface area (Å²) in [6.07, 6.45) is 1.24. The number of carbonyl (C=O) groups excluding carboxylic acids is 3. The Morgan fingerprint density at radius 2 is 1.68 bits per heavy atom. The van der Waals surface area contributed by atoms with E-state index in [-0.39, 0.29) is 24.1 Å². The van der Waals surface area contributed by atoms with Crippen LogP contribution in [-0.2, 0) is 9.59 Å². The fraction of sp³-hybridized carbons (Fsp3) is 0.400.